The van der Waals surface area contributed by atoms with Gasteiger partial charge in [0.15, 0.2) is 12.7 Å². The van der Waals surface area contributed by atoms with E-state index in [9.17, 15) is 9.59 Å². The molecule has 1 amide bonds. The molecule has 6 nitrogen and oxygen atoms in total. The third-order valence-electron chi connectivity index (χ3n) is 3.87. The van der Waals surface area contributed by atoms with Gasteiger partial charge in [0.2, 0.25) is 0 Å². The Morgan fingerprint density at radius 2 is 1.78 bits per heavy atom. The molecular formula is C20H22ClNO5. The van der Waals surface area contributed by atoms with Gasteiger partial charge in [0.05, 0.1) is 0 Å². The van der Waals surface area contributed by atoms with E-state index in [1.165, 1.54) is 0 Å². The summed E-state index contributed by atoms with van der Waals surface area (Å²) >= 11 is 6.00. The Kier molecular flexibility index (Phi) is 7.07. The van der Waals surface area contributed by atoms with Gasteiger partial charge in [0, 0.05) is 18.6 Å². The van der Waals surface area contributed by atoms with Gasteiger partial charge in [-0.25, -0.2) is 4.79 Å². The number of carboxylic acids is 1. The number of aryl methyl sites for hydroxylation is 1. The number of aliphatic carboxylic acids is 1. The third-order valence-corrected chi connectivity index (χ3v) is 4.30. The van der Waals surface area contributed by atoms with Gasteiger partial charge >= 0.3 is 5.97 Å². The van der Waals surface area contributed by atoms with Crippen molar-refractivity contribution in [2.75, 3.05) is 13.7 Å². The van der Waals surface area contributed by atoms with E-state index in [-0.39, 0.29) is 5.91 Å². The summed E-state index contributed by atoms with van der Waals surface area (Å²) in [6, 6.07) is 12.2. The van der Waals surface area contributed by atoms with Crippen LogP contribution in [0.1, 0.15) is 18.1 Å². The van der Waals surface area contributed by atoms with Crippen LogP contribution >= 0.6 is 11.6 Å². The first kappa shape index (κ1) is 20.6. The second-order valence-corrected chi connectivity index (χ2v) is 6.60. The average molecular weight is 392 g/mol. The maximum Gasteiger partial charge on any atom is 0.341 e. The standard InChI is InChI=1S/C20H22ClNO5/c1-13-10-17(8-9-18(13)21)27-14(2)20(25)22(3)11-15-4-6-16(7-5-15)26-12-19(23)24/h4-10,14H,11-12H2,1-3H3,(H,23,24). The average Bonchev–Trinajstić information content (AvgIpc) is 2.63. The molecule has 1 unspecified atom stereocenters. The van der Waals surface area contributed by atoms with Crippen LogP contribution in [0.3, 0.4) is 0 Å². The van der Waals surface area contributed by atoms with E-state index in [2.05, 4.69) is 0 Å². The van der Waals surface area contributed by atoms with Crippen LogP contribution < -0.4 is 9.47 Å². The number of likely N-dealkylation sites (N-methyl/N-ethyl adjacent to an activating group) is 1. The monoisotopic (exact) mass is 391 g/mol. The molecular weight excluding hydrogens is 370 g/mol. The fourth-order valence-electron chi connectivity index (χ4n) is 2.44. The first-order valence-corrected chi connectivity index (χ1v) is 8.75. The van der Waals surface area contributed by atoms with E-state index < -0.39 is 18.7 Å². The van der Waals surface area contributed by atoms with Crippen LogP contribution in [0.4, 0.5) is 0 Å². The Labute approximate surface area is 163 Å². The van der Waals surface area contributed by atoms with Gasteiger partial charge in [0.1, 0.15) is 11.5 Å². The minimum absolute atomic E-state index is 0.159. The number of benzene rings is 2. The Morgan fingerprint density at radius 1 is 1.15 bits per heavy atom. The highest BCUT2D eigenvalue weighted by Gasteiger charge is 2.19. The van der Waals surface area contributed by atoms with Gasteiger partial charge in [-0.2, -0.15) is 0 Å². The summed E-state index contributed by atoms with van der Waals surface area (Å²) in [5.41, 5.74) is 1.77. The van der Waals surface area contributed by atoms with Crippen molar-refractivity contribution in [3.05, 3.63) is 58.6 Å². The number of carboxylic acid groups (broad SMARTS) is 1. The minimum Gasteiger partial charge on any atom is -0.482 e. The molecule has 0 aliphatic rings. The number of carbonyl (C=O) groups excluding carboxylic acids is 1. The quantitative estimate of drug-likeness (QED) is 0.744. The zero-order valence-corrected chi connectivity index (χ0v) is 16.2. The van der Waals surface area contributed by atoms with E-state index in [1.807, 2.05) is 6.92 Å². The summed E-state index contributed by atoms with van der Waals surface area (Å²) < 4.78 is 10.8. The van der Waals surface area contributed by atoms with Crippen LogP contribution in [0.5, 0.6) is 11.5 Å². The molecule has 0 aliphatic carbocycles. The van der Waals surface area contributed by atoms with E-state index in [1.54, 1.807) is 61.3 Å². The van der Waals surface area contributed by atoms with Crippen molar-refractivity contribution in [1.29, 1.82) is 0 Å². The number of rotatable bonds is 8. The predicted molar refractivity (Wildman–Crippen MR) is 102 cm³/mol. The number of hydrogen-bond donors (Lipinski definition) is 1. The molecule has 0 bridgehead atoms. The van der Waals surface area contributed by atoms with Gasteiger partial charge in [-0.3, -0.25) is 4.79 Å². The van der Waals surface area contributed by atoms with Crippen LogP contribution in [0.15, 0.2) is 42.5 Å². The molecule has 0 aromatic heterocycles. The van der Waals surface area contributed by atoms with Crippen LogP contribution in [0.25, 0.3) is 0 Å². The first-order valence-electron chi connectivity index (χ1n) is 8.37. The van der Waals surface area contributed by atoms with E-state index in [4.69, 9.17) is 26.2 Å². The highest BCUT2D eigenvalue weighted by molar-refractivity contribution is 6.31. The fourth-order valence-corrected chi connectivity index (χ4v) is 2.56. The van der Waals surface area contributed by atoms with Gasteiger partial charge in [-0.1, -0.05) is 23.7 Å². The number of nitrogens with zero attached hydrogens (tertiary/aromatic N) is 1. The molecule has 1 N–H and O–H groups in total. The largest absolute Gasteiger partial charge is 0.482 e. The molecule has 0 aliphatic heterocycles. The molecule has 0 saturated carbocycles. The lowest BCUT2D eigenvalue weighted by Crippen LogP contribution is -2.37. The maximum absolute atomic E-state index is 12.5. The molecule has 2 rings (SSSR count). The summed E-state index contributed by atoms with van der Waals surface area (Å²) in [5.74, 6) is -0.140. The number of hydrogen-bond acceptors (Lipinski definition) is 4. The lowest BCUT2D eigenvalue weighted by molar-refractivity contribution is -0.139. The van der Waals surface area contributed by atoms with Crippen molar-refractivity contribution in [3.63, 3.8) is 0 Å². The summed E-state index contributed by atoms with van der Waals surface area (Å²) in [7, 11) is 1.70. The topological polar surface area (TPSA) is 76.1 Å². The molecule has 7 heteroatoms. The van der Waals surface area contributed by atoms with Crippen molar-refractivity contribution >= 4 is 23.5 Å². The molecule has 0 fully saturated rings. The highest BCUT2D eigenvalue weighted by Crippen LogP contribution is 2.22. The Bertz CT molecular complexity index is 807. The smallest absolute Gasteiger partial charge is 0.341 e. The molecule has 0 radical (unpaired) electrons. The SMILES string of the molecule is Cc1cc(OC(C)C(=O)N(C)Cc2ccc(OCC(=O)O)cc2)ccc1Cl. The molecule has 2 aromatic rings. The van der Waals surface area contributed by atoms with Crippen LogP contribution in [-0.2, 0) is 16.1 Å². The molecule has 0 spiro atoms. The number of halogens is 1. The van der Waals surface area contributed by atoms with Crippen molar-refractivity contribution in [2.24, 2.45) is 0 Å². The van der Waals surface area contributed by atoms with E-state index in [0.717, 1.165) is 11.1 Å². The second-order valence-electron chi connectivity index (χ2n) is 6.19. The lowest BCUT2D eigenvalue weighted by Gasteiger charge is -2.22. The van der Waals surface area contributed by atoms with Crippen molar-refractivity contribution < 1.29 is 24.2 Å². The molecule has 0 saturated heterocycles. The van der Waals surface area contributed by atoms with Gasteiger partial charge in [-0.15, -0.1) is 0 Å². The van der Waals surface area contributed by atoms with E-state index >= 15 is 0 Å². The Hall–Kier alpha value is -2.73. The number of carbonyl (C=O) groups is 2. The lowest BCUT2D eigenvalue weighted by atomic mass is 10.2. The maximum atomic E-state index is 12.5. The first-order chi connectivity index (χ1) is 12.8. The summed E-state index contributed by atoms with van der Waals surface area (Å²) in [6.45, 7) is 3.57. The van der Waals surface area contributed by atoms with Gasteiger partial charge < -0.3 is 19.5 Å². The summed E-state index contributed by atoms with van der Waals surface area (Å²) in [4.78, 5) is 24.6. The Balaban J connectivity index is 1.91. The highest BCUT2D eigenvalue weighted by atomic mass is 35.5. The second kappa shape index (κ2) is 9.28. The van der Waals surface area contributed by atoms with Crippen LogP contribution in [0, 0.1) is 6.92 Å². The van der Waals surface area contributed by atoms with Gasteiger partial charge in [0.25, 0.3) is 5.91 Å². The number of amides is 1. The van der Waals surface area contributed by atoms with E-state index in [0.29, 0.717) is 23.1 Å². The molecule has 0 heterocycles. The summed E-state index contributed by atoms with van der Waals surface area (Å²) in [6.07, 6.45) is -0.645. The zero-order valence-electron chi connectivity index (χ0n) is 15.4. The third kappa shape index (κ3) is 6.18. The normalized spacial score (nSPS) is 11.6. The molecule has 2 aromatic carbocycles. The predicted octanol–water partition coefficient (Wildman–Crippen LogP) is 3.54. The van der Waals surface area contributed by atoms with Crippen molar-refractivity contribution in [3.8, 4) is 11.5 Å². The zero-order chi connectivity index (χ0) is 20.0. The van der Waals surface area contributed by atoms with Crippen molar-refractivity contribution in [2.45, 2.75) is 26.5 Å². The van der Waals surface area contributed by atoms with Crippen LogP contribution in [-0.4, -0.2) is 41.6 Å². The Morgan fingerprint density at radius 3 is 2.37 bits per heavy atom. The van der Waals surface area contributed by atoms with Crippen molar-refractivity contribution in [1.82, 2.24) is 4.90 Å². The minimum atomic E-state index is -1.03. The fraction of sp³-hybridized carbons (Fsp3) is 0.300. The number of ether oxygens (including phenoxy) is 2. The van der Waals surface area contributed by atoms with Crippen LogP contribution in [0.2, 0.25) is 5.02 Å². The van der Waals surface area contributed by atoms with Gasteiger partial charge in [-0.05, 0) is 55.3 Å². The summed E-state index contributed by atoms with van der Waals surface area (Å²) in [5, 5.41) is 9.26. The molecule has 1 atom stereocenters. The molecule has 144 valence electrons. The molecule has 27 heavy (non-hydrogen) atoms.